The molecule has 31 heavy (non-hydrogen) atoms. The van der Waals surface area contributed by atoms with Gasteiger partial charge in [-0.3, -0.25) is 4.79 Å². The van der Waals surface area contributed by atoms with E-state index in [9.17, 15) is 4.79 Å². The maximum Gasteiger partial charge on any atom is 0.298 e. The van der Waals surface area contributed by atoms with Crippen molar-refractivity contribution in [3.8, 4) is 5.75 Å². The Bertz CT molecular complexity index is 1190. The number of rotatable bonds is 5. The van der Waals surface area contributed by atoms with E-state index in [0.29, 0.717) is 12.6 Å². The van der Waals surface area contributed by atoms with Crippen LogP contribution in [0.5, 0.6) is 5.75 Å². The predicted octanol–water partition coefficient (Wildman–Crippen LogP) is 4.52. The van der Waals surface area contributed by atoms with Gasteiger partial charge in [0.1, 0.15) is 11.3 Å². The number of piperidine rings is 1. The third-order valence-electron chi connectivity index (χ3n) is 6.00. The van der Waals surface area contributed by atoms with Gasteiger partial charge in [-0.1, -0.05) is 30.3 Å². The van der Waals surface area contributed by atoms with Crippen LogP contribution in [0.2, 0.25) is 0 Å². The molecule has 0 aliphatic carbocycles. The van der Waals surface area contributed by atoms with Crippen LogP contribution < -0.4 is 15.0 Å². The molecule has 2 heterocycles. The molecule has 0 spiro atoms. The number of carbonyl (C=O) groups excluding carboxylic acids is 1. The molecule has 6 nitrogen and oxygen atoms in total. The fraction of sp³-hybridized carbons (Fsp3) is 0.280. The van der Waals surface area contributed by atoms with E-state index in [0.717, 1.165) is 59.1 Å². The molecule has 6 heteroatoms. The molecule has 1 N–H and O–H groups in total. The molecule has 4 aromatic rings. The van der Waals surface area contributed by atoms with Gasteiger partial charge in [0.05, 0.1) is 7.11 Å². The van der Waals surface area contributed by atoms with Gasteiger partial charge >= 0.3 is 0 Å². The van der Waals surface area contributed by atoms with Gasteiger partial charge in [-0.2, -0.15) is 4.98 Å². The number of nitrogens with one attached hydrogen (secondary N) is 1. The molecule has 1 saturated heterocycles. The highest BCUT2D eigenvalue weighted by molar-refractivity contribution is 5.85. The summed E-state index contributed by atoms with van der Waals surface area (Å²) in [6.07, 6.45) is 1.59. The summed E-state index contributed by atoms with van der Waals surface area (Å²) in [4.78, 5) is 19.4. The smallest absolute Gasteiger partial charge is 0.298 e. The topological polar surface area (TPSA) is 67.6 Å². The van der Waals surface area contributed by atoms with Crippen LogP contribution in [0.15, 0.2) is 65.1 Å². The Hall–Kier alpha value is -3.54. The van der Waals surface area contributed by atoms with E-state index >= 15 is 0 Å². The standard InChI is InChI=1S/C25H25N3O3/c1-30-21-9-8-19-14-17(6-7-20(19)15-21)16-26-24(29)18-10-12-28(13-11-18)25-27-22-4-2-3-5-23(22)31-25/h2-9,14-15,18H,10-13,16H2,1H3,(H,26,29). The number of amides is 1. The van der Waals surface area contributed by atoms with Crippen molar-refractivity contribution in [2.75, 3.05) is 25.1 Å². The van der Waals surface area contributed by atoms with Gasteiger partial charge in [0.2, 0.25) is 5.91 Å². The molecule has 0 radical (unpaired) electrons. The SMILES string of the molecule is COc1ccc2cc(CNC(=O)C3CCN(c4nc5ccccc5o4)CC3)ccc2c1. The second-order valence-corrected chi connectivity index (χ2v) is 7.99. The lowest BCUT2D eigenvalue weighted by Gasteiger charge is -2.30. The average molecular weight is 415 g/mol. The molecule has 158 valence electrons. The molecule has 1 aliphatic rings. The van der Waals surface area contributed by atoms with Crippen LogP contribution in [-0.4, -0.2) is 31.1 Å². The lowest BCUT2D eigenvalue weighted by Crippen LogP contribution is -2.40. The van der Waals surface area contributed by atoms with E-state index in [4.69, 9.17) is 9.15 Å². The molecule has 5 rings (SSSR count). The highest BCUT2D eigenvalue weighted by Gasteiger charge is 2.27. The molecule has 0 unspecified atom stereocenters. The number of anilines is 1. The number of benzene rings is 3. The minimum absolute atomic E-state index is 0.0188. The Morgan fingerprint density at radius 1 is 1.10 bits per heavy atom. The summed E-state index contributed by atoms with van der Waals surface area (Å²) in [7, 11) is 1.67. The van der Waals surface area contributed by atoms with Crippen molar-refractivity contribution < 1.29 is 13.9 Å². The van der Waals surface area contributed by atoms with Crippen LogP contribution in [-0.2, 0) is 11.3 Å². The Labute approximate surface area is 180 Å². The molecule has 0 saturated carbocycles. The highest BCUT2D eigenvalue weighted by Crippen LogP contribution is 2.27. The van der Waals surface area contributed by atoms with Crippen LogP contribution in [0.25, 0.3) is 21.9 Å². The summed E-state index contributed by atoms with van der Waals surface area (Å²) in [5, 5.41) is 5.37. The van der Waals surface area contributed by atoms with E-state index in [-0.39, 0.29) is 11.8 Å². The number of hydrogen-bond donors (Lipinski definition) is 1. The van der Waals surface area contributed by atoms with Crippen LogP contribution in [0.3, 0.4) is 0 Å². The normalized spacial score (nSPS) is 14.8. The van der Waals surface area contributed by atoms with Crippen LogP contribution in [0.4, 0.5) is 6.01 Å². The zero-order chi connectivity index (χ0) is 21.2. The van der Waals surface area contributed by atoms with Gasteiger partial charge in [-0.15, -0.1) is 0 Å². The molecule has 0 atom stereocenters. The zero-order valence-corrected chi connectivity index (χ0v) is 17.5. The summed E-state index contributed by atoms with van der Waals surface area (Å²) >= 11 is 0. The number of fused-ring (bicyclic) bond motifs is 2. The third-order valence-corrected chi connectivity index (χ3v) is 6.00. The first-order valence-corrected chi connectivity index (χ1v) is 10.6. The maximum absolute atomic E-state index is 12.7. The van der Waals surface area contributed by atoms with Crippen molar-refractivity contribution in [3.63, 3.8) is 0 Å². The average Bonchev–Trinajstić information content (AvgIpc) is 3.26. The lowest BCUT2D eigenvalue weighted by atomic mass is 9.96. The molecule has 1 aromatic heterocycles. The molecular formula is C25H25N3O3. The molecular weight excluding hydrogens is 390 g/mol. The Morgan fingerprint density at radius 2 is 1.87 bits per heavy atom. The van der Waals surface area contributed by atoms with E-state index in [2.05, 4.69) is 33.4 Å². The summed E-state index contributed by atoms with van der Waals surface area (Å²) in [5.41, 5.74) is 2.76. The number of carbonyl (C=O) groups is 1. The molecule has 3 aromatic carbocycles. The Kier molecular flexibility index (Phi) is 5.20. The summed E-state index contributed by atoms with van der Waals surface area (Å²) in [5.74, 6) is 0.982. The number of ether oxygens (including phenoxy) is 1. The quantitative estimate of drug-likeness (QED) is 0.519. The largest absolute Gasteiger partial charge is 0.497 e. The number of para-hydroxylation sites is 2. The molecule has 0 bridgehead atoms. The van der Waals surface area contributed by atoms with E-state index < -0.39 is 0 Å². The molecule has 1 aliphatic heterocycles. The Balaban J connectivity index is 1.17. The minimum atomic E-state index is 0.0188. The number of aromatic nitrogens is 1. The van der Waals surface area contributed by atoms with Crippen LogP contribution in [0, 0.1) is 5.92 Å². The van der Waals surface area contributed by atoms with Crippen molar-refractivity contribution in [1.29, 1.82) is 0 Å². The van der Waals surface area contributed by atoms with Crippen LogP contribution >= 0.6 is 0 Å². The summed E-state index contributed by atoms with van der Waals surface area (Å²) < 4.78 is 11.1. The fourth-order valence-corrected chi connectivity index (χ4v) is 4.17. The molecule has 1 fully saturated rings. The second-order valence-electron chi connectivity index (χ2n) is 7.99. The number of oxazole rings is 1. The first-order valence-electron chi connectivity index (χ1n) is 10.6. The van der Waals surface area contributed by atoms with Crippen molar-refractivity contribution in [2.24, 2.45) is 5.92 Å². The molecule has 1 amide bonds. The first-order chi connectivity index (χ1) is 15.2. The van der Waals surface area contributed by atoms with Crippen molar-refractivity contribution >= 4 is 33.8 Å². The van der Waals surface area contributed by atoms with Gasteiger partial charge in [0, 0.05) is 25.6 Å². The number of hydrogen-bond acceptors (Lipinski definition) is 5. The van der Waals surface area contributed by atoms with Gasteiger partial charge < -0.3 is 19.4 Å². The van der Waals surface area contributed by atoms with Gasteiger partial charge in [-0.05, 0) is 59.5 Å². The van der Waals surface area contributed by atoms with Crippen molar-refractivity contribution in [3.05, 3.63) is 66.2 Å². The van der Waals surface area contributed by atoms with Crippen molar-refractivity contribution in [2.45, 2.75) is 19.4 Å². The summed E-state index contributed by atoms with van der Waals surface area (Å²) in [6, 6.07) is 20.7. The third kappa shape index (κ3) is 4.06. The number of methoxy groups -OCH3 is 1. The monoisotopic (exact) mass is 415 g/mol. The second kappa shape index (κ2) is 8.30. The minimum Gasteiger partial charge on any atom is -0.497 e. The first kappa shape index (κ1) is 19.4. The van der Waals surface area contributed by atoms with Gasteiger partial charge in [0.15, 0.2) is 5.58 Å². The van der Waals surface area contributed by atoms with E-state index in [1.807, 2.05) is 42.5 Å². The van der Waals surface area contributed by atoms with Crippen molar-refractivity contribution in [1.82, 2.24) is 10.3 Å². The maximum atomic E-state index is 12.7. The summed E-state index contributed by atoms with van der Waals surface area (Å²) in [6.45, 7) is 2.07. The zero-order valence-electron chi connectivity index (χ0n) is 17.5. The predicted molar refractivity (Wildman–Crippen MR) is 121 cm³/mol. The number of nitrogens with zero attached hydrogens (tertiary/aromatic N) is 2. The fourth-order valence-electron chi connectivity index (χ4n) is 4.17. The highest BCUT2D eigenvalue weighted by atomic mass is 16.5. The van der Waals surface area contributed by atoms with E-state index in [1.165, 1.54) is 0 Å². The van der Waals surface area contributed by atoms with Gasteiger partial charge in [0.25, 0.3) is 6.01 Å². The lowest BCUT2D eigenvalue weighted by molar-refractivity contribution is -0.125. The van der Waals surface area contributed by atoms with Gasteiger partial charge in [-0.25, -0.2) is 0 Å². The van der Waals surface area contributed by atoms with E-state index in [1.54, 1.807) is 7.11 Å². The Morgan fingerprint density at radius 3 is 2.68 bits per heavy atom. The van der Waals surface area contributed by atoms with Crippen LogP contribution in [0.1, 0.15) is 18.4 Å².